The number of halogens is 3. The quantitative estimate of drug-likeness (QED) is 0.358. The van der Waals surface area contributed by atoms with Crippen LogP contribution in [-0.4, -0.2) is 15.4 Å². The molecule has 0 rings (SSSR count). The Morgan fingerprint density at radius 2 is 1.64 bits per heavy atom. The van der Waals surface area contributed by atoms with Gasteiger partial charge in [-0.05, 0) is 29.0 Å². The van der Waals surface area contributed by atoms with Crippen molar-refractivity contribution in [2.75, 3.05) is 0 Å². The van der Waals surface area contributed by atoms with E-state index < -0.39 is 5.22 Å². The first-order valence-electron chi connectivity index (χ1n) is 3.32. The van der Waals surface area contributed by atoms with Gasteiger partial charge in [0.15, 0.2) is 0 Å². The Labute approximate surface area is 108 Å². The van der Waals surface area contributed by atoms with Crippen LogP contribution in [0.1, 0.15) is 26.2 Å². The minimum Gasteiger partial charge on any atom is -0.356 e. The standard InChI is InChI=1S/C6H11I3O2/c1-2-3-4-5(7,8)6(9,10)11/h10-11H,2-4H2,1H3. The number of unbranched alkanes of at least 4 members (excludes halogenated alkanes) is 1. The number of aliphatic hydroxyl groups is 2. The summed E-state index contributed by atoms with van der Waals surface area (Å²) < 4.78 is -2.08. The van der Waals surface area contributed by atoms with Gasteiger partial charge in [-0.1, -0.05) is 64.9 Å². The van der Waals surface area contributed by atoms with E-state index >= 15 is 0 Å². The van der Waals surface area contributed by atoms with E-state index in [1.807, 2.05) is 0 Å². The molecule has 5 heteroatoms. The summed E-state index contributed by atoms with van der Waals surface area (Å²) in [6.45, 7) is 2.09. The molecule has 68 valence electrons. The molecule has 11 heavy (non-hydrogen) atoms. The van der Waals surface area contributed by atoms with Crippen molar-refractivity contribution in [3.63, 3.8) is 0 Å². The summed E-state index contributed by atoms with van der Waals surface area (Å²) in [6, 6.07) is 0. The van der Waals surface area contributed by atoms with Crippen molar-refractivity contribution in [3.05, 3.63) is 0 Å². The van der Waals surface area contributed by atoms with Gasteiger partial charge in [-0.15, -0.1) is 0 Å². The van der Waals surface area contributed by atoms with Gasteiger partial charge in [0.05, 0.1) is 0 Å². The van der Waals surface area contributed by atoms with Crippen LogP contribution in [0, 0.1) is 0 Å². The first kappa shape index (κ1) is 13.1. The SMILES string of the molecule is CCCCC(I)(I)C(O)(O)I. The molecule has 0 amide bonds. The van der Waals surface area contributed by atoms with Crippen LogP contribution < -0.4 is 0 Å². The Morgan fingerprint density at radius 3 is 1.91 bits per heavy atom. The number of rotatable bonds is 4. The third-order valence-corrected chi connectivity index (χ3v) is 6.88. The van der Waals surface area contributed by atoms with Crippen molar-refractivity contribution >= 4 is 67.8 Å². The van der Waals surface area contributed by atoms with Crippen molar-refractivity contribution in [3.8, 4) is 0 Å². The molecule has 0 heterocycles. The largest absolute Gasteiger partial charge is 0.356 e. The molecule has 2 nitrogen and oxygen atoms in total. The zero-order chi connectivity index (χ0) is 9.12. The van der Waals surface area contributed by atoms with Gasteiger partial charge in [0.1, 0.15) is 1.43 Å². The molecular weight excluding hydrogens is 485 g/mol. The highest BCUT2D eigenvalue weighted by atomic mass is 127. The summed E-state index contributed by atoms with van der Waals surface area (Å²) in [5.74, 6) is 0. The highest BCUT2D eigenvalue weighted by Gasteiger charge is 2.42. The highest BCUT2D eigenvalue weighted by Crippen LogP contribution is 2.45. The van der Waals surface area contributed by atoms with E-state index in [1.165, 1.54) is 0 Å². The lowest BCUT2D eigenvalue weighted by Gasteiger charge is -2.29. The van der Waals surface area contributed by atoms with Gasteiger partial charge in [-0.25, -0.2) is 0 Å². The molecule has 0 aromatic heterocycles. The monoisotopic (exact) mass is 496 g/mol. The molecule has 0 fully saturated rings. The van der Waals surface area contributed by atoms with Crippen LogP contribution in [0.3, 0.4) is 0 Å². The van der Waals surface area contributed by atoms with Gasteiger partial charge in [0.25, 0.3) is 0 Å². The van der Waals surface area contributed by atoms with Crippen LogP contribution in [-0.2, 0) is 0 Å². The number of hydrogen-bond acceptors (Lipinski definition) is 2. The van der Waals surface area contributed by atoms with Gasteiger partial charge >= 0.3 is 0 Å². The lowest BCUT2D eigenvalue weighted by atomic mass is 10.2. The maximum Gasteiger partial charge on any atom is 0.240 e. The average Bonchev–Trinajstić information content (AvgIpc) is 1.81. The smallest absolute Gasteiger partial charge is 0.240 e. The molecule has 0 saturated heterocycles. The Balaban J connectivity index is 4.00. The van der Waals surface area contributed by atoms with Gasteiger partial charge in [-0.2, -0.15) is 0 Å². The molecule has 0 bridgehead atoms. The summed E-state index contributed by atoms with van der Waals surface area (Å²) in [7, 11) is 0. The molecular formula is C6H11I3O2. The van der Waals surface area contributed by atoms with Crippen LogP contribution in [0.2, 0.25) is 0 Å². The van der Waals surface area contributed by atoms with Crippen molar-refractivity contribution < 1.29 is 10.2 Å². The predicted molar refractivity (Wildman–Crippen MR) is 71.5 cm³/mol. The van der Waals surface area contributed by atoms with E-state index in [9.17, 15) is 10.2 Å². The zero-order valence-electron chi connectivity index (χ0n) is 6.15. The summed E-state index contributed by atoms with van der Waals surface area (Å²) in [5.41, 5.74) is 0. The molecule has 0 radical (unpaired) electrons. The lowest BCUT2D eigenvalue weighted by Crippen LogP contribution is -2.39. The highest BCUT2D eigenvalue weighted by molar-refractivity contribution is 14.2. The van der Waals surface area contributed by atoms with Gasteiger partial charge in [0.2, 0.25) is 3.79 Å². The fraction of sp³-hybridized carbons (Fsp3) is 1.00. The Morgan fingerprint density at radius 1 is 1.18 bits per heavy atom. The molecule has 0 aliphatic rings. The van der Waals surface area contributed by atoms with Crippen molar-refractivity contribution in [2.24, 2.45) is 0 Å². The van der Waals surface area contributed by atoms with Crippen molar-refractivity contribution in [2.45, 2.75) is 31.4 Å². The van der Waals surface area contributed by atoms with E-state index in [1.54, 1.807) is 22.6 Å². The summed E-state index contributed by atoms with van der Waals surface area (Å²) in [6.07, 6.45) is 2.93. The molecule has 0 aromatic rings. The fourth-order valence-electron chi connectivity index (χ4n) is 0.558. The summed E-state index contributed by atoms with van der Waals surface area (Å²) in [5, 5.41) is 18.6. The Kier molecular flexibility index (Phi) is 6.09. The molecule has 2 N–H and O–H groups in total. The number of hydrogen-bond donors (Lipinski definition) is 2. The first-order valence-corrected chi connectivity index (χ1v) is 6.56. The van der Waals surface area contributed by atoms with Crippen molar-refractivity contribution in [1.29, 1.82) is 0 Å². The second-order valence-electron chi connectivity index (χ2n) is 2.40. The van der Waals surface area contributed by atoms with Crippen LogP contribution in [0.25, 0.3) is 0 Å². The minimum atomic E-state index is -1.61. The van der Waals surface area contributed by atoms with Crippen LogP contribution >= 0.6 is 67.8 Å². The van der Waals surface area contributed by atoms with Crippen molar-refractivity contribution in [1.82, 2.24) is 0 Å². The Hall–Kier alpha value is 2.11. The maximum absolute atomic E-state index is 9.30. The molecule has 0 aliphatic heterocycles. The van der Waals surface area contributed by atoms with E-state index in [-0.39, 0.29) is 0 Å². The molecule has 0 spiro atoms. The minimum absolute atomic E-state index is 0.473. The third-order valence-electron chi connectivity index (χ3n) is 1.31. The predicted octanol–water partition coefficient (Wildman–Crippen LogP) is 2.82. The maximum atomic E-state index is 9.30. The summed E-state index contributed by atoms with van der Waals surface area (Å²) >= 11 is 5.83. The van der Waals surface area contributed by atoms with E-state index in [2.05, 4.69) is 52.1 Å². The third kappa shape index (κ3) is 4.77. The molecule has 0 unspecified atom stereocenters. The second kappa shape index (κ2) is 5.11. The van der Waals surface area contributed by atoms with Crippen LogP contribution in [0.4, 0.5) is 0 Å². The fourth-order valence-corrected chi connectivity index (χ4v) is 1.59. The van der Waals surface area contributed by atoms with E-state index in [4.69, 9.17) is 0 Å². The van der Waals surface area contributed by atoms with E-state index in [0.29, 0.717) is 0 Å². The van der Waals surface area contributed by atoms with Crippen LogP contribution in [0.5, 0.6) is 0 Å². The lowest BCUT2D eigenvalue weighted by molar-refractivity contribution is -0.0598. The topological polar surface area (TPSA) is 40.5 Å². The summed E-state index contributed by atoms with van der Waals surface area (Å²) in [4.78, 5) is 0. The zero-order valence-corrected chi connectivity index (χ0v) is 12.6. The van der Waals surface area contributed by atoms with Gasteiger partial charge < -0.3 is 10.2 Å². The second-order valence-corrected chi connectivity index (χ2v) is 9.65. The molecule has 0 aromatic carbocycles. The molecule has 0 saturated carbocycles. The Bertz CT molecular complexity index is 119. The van der Waals surface area contributed by atoms with Crippen LogP contribution in [0.15, 0.2) is 0 Å². The average molecular weight is 496 g/mol. The van der Waals surface area contributed by atoms with Gasteiger partial charge in [0, 0.05) is 0 Å². The molecule has 0 atom stereocenters. The van der Waals surface area contributed by atoms with Gasteiger partial charge in [-0.3, -0.25) is 0 Å². The molecule has 0 aliphatic carbocycles. The number of alkyl halides is 3. The normalized spacial score (nSPS) is 13.6. The van der Waals surface area contributed by atoms with E-state index in [0.717, 1.165) is 19.3 Å². The first-order chi connectivity index (χ1) is 4.81.